The number of amides is 2. The van der Waals surface area contributed by atoms with E-state index in [4.69, 9.17) is 4.42 Å². The number of carboxylic acid groups (broad SMARTS) is 1. The zero-order chi connectivity index (χ0) is 21.9. The number of nitrogens with zero attached hydrogens (tertiary/aromatic N) is 6. The molecule has 0 saturated carbocycles. The molecule has 0 unspecified atom stereocenters. The van der Waals surface area contributed by atoms with Crippen molar-refractivity contribution in [1.29, 1.82) is 0 Å². The smallest absolute Gasteiger partial charge is 0.408 e. The van der Waals surface area contributed by atoms with Crippen LogP contribution in [0.5, 0.6) is 0 Å². The summed E-state index contributed by atoms with van der Waals surface area (Å²) in [6.45, 7) is 11.7. The van der Waals surface area contributed by atoms with E-state index in [1.807, 2.05) is 0 Å². The van der Waals surface area contributed by atoms with E-state index in [1.54, 1.807) is 25.7 Å². The van der Waals surface area contributed by atoms with Gasteiger partial charge in [-0.1, -0.05) is 0 Å². The summed E-state index contributed by atoms with van der Waals surface area (Å²) < 4.78 is 5.50. The van der Waals surface area contributed by atoms with Gasteiger partial charge in [-0.05, 0) is 59.7 Å². The van der Waals surface area contributed by atoms with E-state index in [9.17, 15) is 14.7 Å². The molecule has 0 atom stereocenters. The largest absolute Gasteiger partial charge is 0.465 e. The molecule has 2 fully saturated rings. The molecule has 2 aliphatic rings. The third-order valence-corrected chi connectivity index (χ3v) is 6.00. The molecule has 10 nitrogen and oxygen atoms in total. The lowest BCUT2D eigenvalue weighted by Gasteiger charge is -2.37. The average molecular weight is 423 g/mol. The maximum Gasteiger partial charge on any atom is 0.408 e. The number of likely N-dealkylation sites (tertiary alicyclic amines) is 1. The maximum absolute atomic E-state index is 12.7. The Labute approximate surface area is 177 Å². The Balaban J connectivity index is 1.50. The Morgan fingerprint density at radius 3 is 2.30 bits per heavy atom. The monoisotopic (exact) mass is 422 g/mol. The predicted octanol–water partition coefficient (Wildman–Crippen LogP) is 1.45. The standard InChI is InChI=1S/C20H34N6O4/c1-20(2,3)26(19(28)29)14-16-21-22-17(30-16)18(27)25-11-9-24(10-12-25)13-15-5-7-23(4)8-6-15/h15H,5-14H2,1-4H3,(H,28,29). The first-order chi connectivity index (χ1) is 14.1. The van der Waals surface area contributed by atoms with Crippen LogP contribution in [0.15, 0.2) is 4.42 Å². The van der Waals surface area contributed by atoms with Gasteiger partial charge in [-0.25, -0.2) is 4.79 Å². The molecule has 30 heavy (non-hydrogen) atoms. The van der Waals surface area contributed by atoms with E-state index in [0.29, 0.717) is 13.1 Å². The highest BCUT2D eigenvalue weighted by atomic mass is 16.4. The van der Waals surface area contributed by atoms with Crippen LogP contribution >= 0.6 is 0 Å². The molecule has 168 valence electrons. The molecule has 1 aromatic heterocycles. The molecule has 2 amide bonds. The minimum Gasteiger partial charge on any atom is -0.465 e. The number of piperidine rings is 1. The molecular weight excluding hydrogens is 388 g/mol. The summed E-state index contributed by atoms with van der Waals surface area (Å²) in [6, 6.07) is 0. The Morgan fingerprint density at radius 1 is 1.10 bits per heavy atom. The molecular formula is C20H34N6O4. The molecule has 1 N–H and O–H groups in total. The van der Waals surface area contributed by atoms with E-state index in [1.165, 1.54) is 17.7 Å². The van der Waals surface area contributed by atoms with Gasteiger partial charge in [0.25, 0.3) is 0 Å². The molecule has 2 saturated heterocycles. The van der Waals surface area contributed by atoms with Gasteiger partial charge in [-0.3, -0.25) is 14.6 Å². The Hall–Kier alpha value is -2.20. The van der Waals surface area contributed by atoms with Crippen LogP contribution in [0.2, 0.25) is 0 Å². The lowest BCUT2D eigenvalue weighted by molar-refractivity contribution is 0.0553. The van der Waals surface area contributed by atoms with Crippen molar-refractivity contribution in [3.05, 3.63) is 11.8 Å². The third-order valence-electron chi connectivity index (χ3n) is 6.00. The van der Waals surface area contributed by atoms with E-state index in [-0.39, 0.29) is 24.2 Å². The first-order valence-electron chi connectivity index (χ1n) is 10.7. The lowest BCUT2D eigenvalue weighted by Crippen LogP contribution is -2.50. The summed E-state index contributed by atoms with van der Waals surface area (Å²) in [7, 11) is 2.17. The van der Waals surface area contributed by atoms with Crippen molar-refractivity contribution in [2.75, 3.05) is 52.9 Å². The maximum atomic E-state index is 12.7. The van der Waals surface area contributed by atoms with Crippen LogP contribution in [-0.2, 0) is 6.54 Å². The van der Waals surface area contributed by atoms with Crippen LogP contribution < -0.4 is 0 Å². The van der Waals surface area contributed by atoms with E-state index in [2.05, 4.69) is 27.0 Å². The molecule has 0 bridgehead atoms. The van der Waals surface area contributed by atoms with Crippen molar-refractivity contribution in [3.8, 4) is 0 Å². The van der Waals surface area contributed by atoms with E-state index < -0.39 is 11.6 Å². The van der Waals surface area contributed by atoms with Gasteiger partial charge >= 0.3 is 17.9 Å². The predicted molar refractivity (Wildman–Crippen MR) is 110 cm³/mol. The molecule has 2 aliphatic heterocycles. The van der Waals surface area contributed by atoms with Crippen LogP contribution in [0, 0.1) is 5.92 Å². The molecule has 0 radical (unpaired) electrons. The molecule has 0 aliphatic carbocycles. The summed E-state index contributed by atoms with van der Waals surface area (Å²) in [5.41, 5.74) is -0.617. The van der Waals surface area contributed by atoms with Gasteiger partial charge in [0.2, 0.25) is 5.89 Å². The summed E-state index contributed by atoms with van der Waals surface area (Å²) in [6.07, 6.45) is 1.40. The third kappa shape index (κ3) is 5.69. The van der Waals surface area contributed by atoms with Crippen molar-refractivity contribution in [3.63, 3.8) is 0 Å². The average Bonchev–Trinajstić information content (AvgIpc) is 3.16. The van der Waals surface area contributed by atoms with E-state index >= 15 is 0 Å². The first-order valence-corrected chi connectivity index (χ1v) is 10.7. The number of hydrogen-bond acceptors (Lipinski definition) is 7. The van der Waals surface area contributed by atoms with Crippen molar-refractivity contribution >= 4 is 12.0 Å². The first kappa shape index (κ1) is 22.5. The van der Waals surface area contributed by atoms with Crippen LogP contribution in [0.3, 0.4) is 0 Å². The second-order valence-corrected chi connectivity index (χ2v) is 9.38. The van der Waals surface area contributed by atoms with Gasteiger partial charge in [0.15, 0.2) is 0 Å². The molecule has 10 heteroatoms. The second-order valence-electron chi connectivity index (χ2n) is 9.38. The van der Waals surface area contributed by atoms with Gasteiger partial charge in [-0.2, -0.15) is 0 Å². The Kier molecular flexibility index (Phi) is 6.97. The topological polar surface area (TPSA) is 106 Å². The van der Waals surface area contributed by atoms with Crippen LogP contribution in [0.1, 0.15) is 50.2 Å². The number of rotatable bonds is 5. The molecule has 3 rings (SSSR count). The summed E-state index contributed by atoms with van der Waals surface area (Å²) in [5.74, 6) is 0.497. The number of aromatic nitrogens is 2. The normalized spacial score (nSPS) is 19.8. The zero-order valence-electron chi connectivity index (χ0n) is 18.5. The van der Waals surface area contributed by atoms with Crippen molar-refractivity contribution in [2.45, 2.75) is 45.7 Å². The zero-order valence-corrected chi connectivity index (χ0v) is 18.5. The quantitative estimate of drug-likeness (QED) is 0.760. The van der Waals surface area contributed by atoms with Crippen LogP contribution in [-0.4, -0.2) is 105 Å². The molecule has 1 aromatic rings. The second kappa shape index (κ2) is 9.30. The number of piperazine rings is 1. The highest BCUT2D eigenvalue weighted by Gasteiger charge is 2.30. The van der Waals surface area contributed by atoms with Gasteiger partial charge in [0.1, 0.15) is 6.54 Å². The van der Waals surface area contributed by atoms with Gasteiger partial charge in [-0.15, -0.1) is 10.2 Å². The Bertz CT molecular complexity index is 730. The SMILES string of the molecule is CN1CCC(CN2CCN(C(=O)c3nnc(CN(C(=O)O)C(C)(C)C)o3)CC2)CC1. The van der Waals surface area contributed by atoms with Gasteiger partial charge in [0, 0.05) is 38.3 Å². The fraction of sp³-hybridized carbons (Fsp3) is 0.800. The summed E-state index contributed by atoms with van der Waals surface area (Å²) in [4.78, 5) is 32.0. The highest BCUT2D eigenvalue weighted by molar-refractivity contribution is 5.89. The number of carbonyl (C=O) groups is 2. The van der Waals surface area contributed by atoms with E-state index in [0.717, 1.165) is 38.6 Å². The minimum absolute atomic E-state index is 0.0521. The van der Waals surface area contributed by atoms with Crippen molar-refractivity contribution in [2.24, 2.45) is 5.92 Å². The van der Waals surface area contributed by atoms with Crippen molar-refractivity contribution < 1.29 is 19.1 Å². The number of carbonyl (C=O) groups excluding carboxylic acids is 1. The molecule has 0 spiro atoms. The fourth-order valence-corrected chi connectivity index (χ4v) is 4.01. The summed E-state index contributed by atoms with van der Waals surface area (Å²) in [5, 5.41) is 17.1. The molecule has 0 aromatic carbocycles. The minimum atomic E-state index is -1.07. The Morgan fingerprint density at radius 2 is 1.73 bits per heavy atom. The van der Waals surface area contributed by atoms with Gasteiger partial charge < -0.3 is 19.3 Å². The van der Waals surface area contributed by atoms with Crippen LogP contribution in [0.25, 0.3) is 0 Å². The van der Waals surface area contributed by atoms with Gasteiger partial charge in [0.05, 0.1) is 0 Å². The highest BCUT2D eigenvalue weighted by Crippen LogP contribution is 2.20. The summed E-state index contributed by atoms with van der Waals surface area (Å²) >= 11 is 0. The fourth-order valence-electron chi connectivity index (χ4n) is 4.01. The van der Waals surface area contributed by atoms with Crippen LogP contribution in [0.4, 0.5) is 4.79 Å². The number of hydrogen-bond donors (Lipinski definition) is 1. The molecule has 3 heterocycles. The lowest BCUT2D eigenvalue weighted by atomic mass is 9.96. The van der Waals surface area contributed by atoms with Crippen molar-refractivity contribution in [1.82, 2.24) is 29.8 Å².